The first-order chi connectivity index (χ1) is 16.9. The highest BCUT2D eigenvalue weighted by Crippen LogP contribution is 2.33. The van der Waals surface area contributed by atoms with E-state index >= 15 is 0 Å². The molecule has 1 saturated heterocycles. The number of aliphatic hydroxyl groups is 1. The number of halogens is 1. The fourth-order valence-corrected chi connectivity index (χ4v) is 4.30. The van der Waals surface area contributed by atoms with Crippen LogP contribution in [0.1, 0.15) is 23.8 Å². The van der Waals surface area contributed by atoms with Gasteiger partial charge in [-0.3, -0.25) is 14.3 Å². The highest BCUT2D eigenvalue weighted by Gasteiger charge is 2.39. The van der Waals surface area contributed by atoms with E-state index in [2.05, 4.69) is 26.7 Å². The zero-order valence-corrected chi connectivity index (χ0v) is 19.9. The van der Waals surface area contributed by atoms with Gasteiger partial charge >= 0.3 is 0 Å². The van der Waals surface area contributed by atoms with Crippen molar-refractivity contribution in [2.24, 2.45) is 0 Å². The zero-order chi connectivity index (χ0) is 24.5. The number of hydrogen-bond acceptors (Lipinski definition) is 8. The Morgan fingerprint density at radius 1 is 1.29 bits per heavy atom. The van der Waals surface area contributed by atoms with Gasteiger partial charge in [0.25, 0.3) is 0 Å². The van der Waals surface area contributed by atoms with Crippen LogP contribution >= 0.6 is 11.6 Å². The Morgan fingerprint density at radius 2 is 2.14 bits per heavy atom. The molecular weight excluding hydrogens is 470 g/mol. The molecule has 1 aromatic carbocycles. The van der Waals surface area contributed by atoms with Gasteiger partial charge < -0.3 is 20.5 Å². The van der Waals surface area contributed by atoms with Gasteiger partial charge in [-0.05, 0) is 18.6 Å². The summed E-state index contributed by atoms with van der Waals surface area (Å²) in [7, 11) is 1.53. The van der Waals surface area contributed by atoms with Crippen molar-refractivity contribution in [1.82, 2.24) is 29.8 Å². The predicted molar refractivity (Wildman–Crippen MR) is 131 cm³/mol. The molecule has 1 fully saturated rings. The largest absolute Gasteiger partial charge is 0.388 e. The third kappa shape index (κ3) is 4.68. The summed E-state index contributed by atoms with van der Waals surface area (Å²) in [6.45, 7) is 2.56. The van der Waals surface area contributed by atoms with Gasteiger partial charge in [0.1, 0.15) is 12.2 Å². The molecule has 1 aliphatic heterocycles. The minimum absolute atomic E-state index is 0.165. The van der Waals surface area contributed by atoms with E-state index in [4.69, 9.17) is 26.3 Å². The molecule has 0 unspecified atom stereocenters. The van der Waals surface area contributed by atoms with E-state index in [9.17, 15) is 9.90 Å². The van der Waals surface area contributed by atoms with Crippen LogP contribution in [0.2, 0.25) is 5.02 Å². The number of carbonyl (C=O) groups is 1. The van der Waals surface area contributed by atoms with Crippen LogP contribution in [-0.4, -0.2) is 54.8 Å². The molecule has 0 radical (unpaired) electrons. The highest BCUT2D eigenvalue weighted by atomic mass is 35.5. The van der Waals surface area contributed by atoms with Crippen molar-refractivity contribution in [3.63, 3.8) is 0 Å². The summed E-state index contributed by atoms with van der Waals surface area (Å²) in [5.74, 6) is 0.605. The van der Waals surface area contributed by atoms with Gasteiger partial charge in [0, 0.05) is 38.0 Å². The second-order valence-corrected chi connectivity index (χ2v) is 8.82. The van der Waals surface area contributed by atoms with Crippen LogP contribution in [0.15, 0.2) is 49.1 Å². The minimum Gasteiger partial charge on any atom is -0.388 e. The molecule has 0 saturated carbocycles. The Morgan fingerprint density at radius 3 is 2.91 bits per heavy atom. The van der Waals surface area contributed by atoms with Crippen LogP contribution in [0.4, 0.5) is 5.82 Å². The van der Waals surface area contributed by atoms with Crippen molar-refractivity contribution in [1.29, 1.82) is 0 Å². The molecule has 0 aliphatic carbocycles. The van der Waals surface area contributed by atoms with E-state index in [1.54, 1.807) is 16.8 Å². The molecule has 1 aliphatic rings. The number of carbonyl (C=O) groups excluding carboxylic acids is 1. The predicted octanol–water partition coefficient (Wildman–Crippen LogP) is 2.86. The topological polar surface area (TPSA) is 127 Å². The van der Waals surface area contributed by atoms with Crippen molar-refractivity contribution in [3.8, 4) is 11.4 Å². The summed E-state index contributed by atoms with van der Waals surface area (Å²) >= 11 is 6.16. The molecule has 0 bridgehead atoms. The average molecular weight is 494 g/mol. The number of pyridine rings is 1. The van der Waals surface area contributed by atoms with Crippen LogP contribution in [0.3, 0.4) is 0 Å². The number of ether oxygens (including phenoxy) is 1. The summed E-state index contributed by atoms with van der Waals surface area (Å²) in [5.41, 5.74) is 3.83. The number of anilines is 1. The minimum atomic E-state index is -0.912. The first-order valence-electron chi connectivity index (χ1n) is 11.1. The molecule has 4 aromatic rings. The number of nitrogens with one attached hydrogen (secondary N) is 2. The lowest BCUT2D eigenvalue weighted by Gasteiger charge is -2.17. The summed E-state index contributed by atoms with van der Waals surface area (Å²) in [5, 5.41) is 17.0. The zero-order valence-electron chi connectivity index (χ0n) is 19.1. The first kappa shape index (κ1) is 23.2. The lowest BCUT2D eigenvalue weighted by Crippen LogP contribution is -2.31. The molecule has 3 N–H and O–H groups in total. The molecule has 1 amide bonds. The quantitative estimate of drug-likeness (QED) is 0.374. The van der Waals surface area contributed by atoms with Crippen molar-refractivity contribution in [2.75, 3.05) is 12.4 Å². The van der Waals surface area contributed by atoms with Crippen molar-refractivity contribution >= 4 is 34.5 Å². The van der Waals surface area contributed by atoms with Gasteiger partial charge in [0.2, 0.25) is 5.91 Å². The SMILES string of the molecule is CNC(=O)[C@@H]1C[C@@H](O)[C@H](n2cnc3c(NCc4cccc(C)c4)nc(-c4cncc(Cl)c4)nc32)O1. The van der Waals surface area contributed by atoms with E-state index in [1.807, 2.05) is 25.1 Å². The number of benzene rings is 1. The standard InChI is InChI=1S/C24H24ClN7O3/c1-13-4-3-5-14(6-13)9-28-21-19-22(31-20(30-21)15-7-16(25)11-27-10-15)32(12-29-19)24-17(33)8-18(35-24)23(34)26-2/h3-7,10-12,17-18,24,33H,8-9H2,1-2H3,(H,26,34)(H,28,30,31)/t17-,18+,24-/m1/s1. The molecule has 35 heavy (non-hydrogen) atoms. The third-order valence-electron chi connectivity index (χ3n) is 5.83. The number of fused-ring (bicyclic) bond motifs is 1. The number of likely N-dealkylation sites (N-methyl/N-ethyl adjacent to an activating group) is 1. The van der Waals surface area contributed by atoms with Gasteiger partial charge in [0.05, 0.1) is 11.3 Å². The number of aryl methyl sites for hydroxylation is 1. The number of amides is 1. The molecule has 0 spiro atoms. The number of imidazole rings is 1. The van der Waals surface area contributed by atoms with Crippen LogP contribution in [-0.2, 0) is 16.1 Å². The summed E-state index contributed by atoms with van der Waals surface area (Å²) in [6.07, 6.45) is 2.36. The Kier molecular flexibility index (Phi) is 6.33. The molecule has 3 atom stereocenters. The molecule has 180 valence electrons. The summed E-state index contributed by atoms with van der Waals surface area (Å²) in [6, 6.07) is 9.88. The number of nitrogens with zero attached hydrogens (tertiary/aromatic N) is 5. The van der Waals surface area contributed by atoms with Gasteiger partial charge in [-0.25, -0.2) is 15.0 Å². The van der Waals surface area contributed by atoms with E-state index in [0.717, 1.165) is 11.1 Å². The fraction of sp³-hybridized carbons (Fsp3) is 0.292. The average Bonchev–Trinajstić information content (AvgIpc) is 3.45. The Balaban J connectivity index is 1.57. The monoisotopic (exact) mass is 493 g/mol. The number of aliphatic hydroxyl groups excluding tert-OH is 1. The maximum Gasteiger partial charge on any atom is 0.249 e. The molecule has 4 heterocycles. The highest BCUT2D eigenvalue weighted by molar-refractivity contribution is 6.30. The maximum atomic E-state index is 12.1. The van der Waals surface area contributed by atoms with E-state index in [-0.39, 0.29) is 12.3 Å². The first-order valence-corrected chi connectivity index (χ1v) is 11.5. The fourth-order valence-electron chi connectivity index (χ4n) is 4.13. The van der Waals surface area contributed by atoms with Crippen LogP contribution < -0.4 is 10.6 Å². The van der Waals surface area contributed by atoms with Gasteiger partial charge in [-0.1, -0.05) is 41.4 Å². The number of hydrogen-bond donors (Lipinski definition) is 3. The van der Waals surface area contributed by atoms with E-state index < -0.39 is 18.4 Å². The van der Waals surface area contributed by atoms with Gasteiger partial charge in [-0.15, -0.1) is 0 Å². The number of aromatic nitrogens is 5. The normalized spacial score (nSPS) is 19.7. The Bertz CT molecular complexity index is 1390. The Labute approximate surface area is 206 Å². The lowest BCUT2D eigenvalue weighted by atomic mass is 10.1. The van der Waals surface area contributed by atoms with Crippen LogP contribution in [0.25, 0.3) is 22.6 Å². The van der Waals surface area contributed by atoms with Crippen molar-refractivity contribution in [3.05, 3.63) is 65.2 Å². The van der Waals surface area contributed by atoms with Crippen molar-refractivity contribution < 1.29 is 14.6 Å². The molecule has 10 nitrogen and oxygen atoms in total. The Hall–Kier alpha value is -3.60. The van der Waals surface area contributed by atoms with E-state index in [0.29, 0.717) is 39.9 Å². The molecule has 3 aromatic heterocycles. The maximum absolute atomic E-state index is 12.1. The van der Waals surface area contributed by atoms with Crippen LogP contribution in [0.5, 0.6) is 0 Å². The second kappa shape index (κ2) is 9.57. The second-order valence-electron chi connectivity index (χ2n) is 8.39. The molecular formula is C24H24ClN7O3. The van der Waals surface area contributed by atoms with Gasteiger partial charge in [0.15, 0.2) is 29.0 Å². The summed E-state index contributed by atoms with van der Waals surface area (Å²) < 4.78 is 7.50. The van der Waals surface area contributed by atoms with Crippen molar-refractivity contribution in [2.45, 2.75) is 38.3 Å². The lowest BCUT2D eigenvalue weighted by molar-refractivity contribution is -0.134. The van der Waals surface area contributed by atoms with Crippen LogP contribution in [0, 0.1) is 6.92 Å². The number of rotatable bonds is 6. The van der Waals surface area contributed by atoms with E-state index in [1.165, 1.54) is 19.6 Å². The smallest absolute Gasteiger partial charge is 0.249 e. The molecule has 11 heteroatoms. The summed E-state index contributed by atoms with van der Waals surface area (Å²) in [4.78, 5) is 30.1. The molecule has 5 rings (SSSR count). The third-order valence-corrected chi connectivity index (χ3v) is 6.04. The van der Waals surface area contributed by atoms with Gasteiger partial charge in [-0.2, -0.15) is 0 Å².